The van der Waals surface area contributed by atoms with Crippen molar-refractivity contribution in [3.05, 3.63) is 52.9 Å². The van der Waals surface area contributed by atoms with Crippen molar-refractivity contribution < 1.29 is 9.84 Å². The highest BCUT2D eigenvalue weighted by atomic mass is 35.5. The van der Waals surface area contributed by atoms with Crippen molar-refractivity contribution in [3.8, 4) is 0 Å². The molecule has 1 aliphatic heterocycles. The Labute approximate surface area is 116 Å². The smallest absolute Gasteiger partial charge is 0.138 e. The minimum atomic E-state index is -0.782. The molecule has 3 rings (SSSR count). The molecule has 1 aromatic heterocycles. The van der Waals surface area contributed by atoms with Crippen LogP contribution in [0.1, 0.15) is 24.5 Å². The fraction of sp³-hybridized carbons (Fsp3) is 0.267. The van der Waals surface area contributed by atoms with E-state index in [9.17, 15) is 5.11 Å². The molecule has 1 atom stereocenters. The highest BCUT2D eigenvalue weighted by Crippen LogP contribution is 2.33. The first kappa shape index (κ1) is 12.5. The van der Waals surface area contributed by atoms with Gasteiger partial charge in [0.1, 0.15) is 11.9 Å². The standard InChI is InChI=1S/C15H14ClNO2/c16-12-7-6-11(14-10(12)4-3-8-17-14)15(18)13-5-1-2-9-19-13/h3-8,15,18H,1-2,9H2. The van der Waals surface area contributed by atoms with Gasteiger partial charge >= 0.3 is 0 Å². The average molecular weight is 276 g/mol. The first-order chi connectivity index (χ1) is 9.27. The lowest BCUT2D eigenvalue weighted by Crippen LogP contribution is -2.10. The molecule has 19 heavy (non-hydrogen) atoms. The zero-order valence-corrected chi connectivity index (χ0v) is 11.1. The van der Waals surface area contributed by atoms with Crippen LogP contribution in [0.4, 0.5) is 0 Å². The quantitative estimate of drug-likeness (QED) is 0.910. The number of rotatable bonds is 2. The first-order valence-corrected chi connectivity index (χ1v) is 6.69. The zero-order chi connectivity index (χ0) is 13.2. The number of hydrogen-bond donors (Lipinski definition) is 1. The van der Waals surface area contributed by atoms with Gasteiger partial charge in [-0.2, -0.15) is 0 Å². The van der Waals surface area contributed by atoms with Gasteiger partial charge in [-0.25, -0.2) is 0 Å². The highest BCUT2D eigenvalue weighted by molar-refractivity contribution is 6.35. The number of halogens is 1. The van der Waals surface area contributed by atoms with Gasteiger partial charge in [-0.15, -0.1) is 0 Å². The molecule has 0 saturated carbocycles. The molecule has 0 saturated heterocycles. The maximum atomic E-state index is 10.5. The van der Waals surface area contributed by atoms with Crippen LogP contribution in [0.15, 0.2) is 42.3 Å². The summed E-state index contributed by atoms with van der Waals surface area (Å²) in [5.41, 5.74) is 1.45. The molecule has 1 aliphatic rings. The second kappa shape index (κ2) is 5.19. The number of aromatic nitrogens is 1. The van der Waals surface area contributed by atoms with Gasteiger partial charge in [-0.1, -0.05) is 17.7 Å². The Morgan fingerprint density at radius 1 is 1.32 bits per heavy atom. The molecule has 1 N–H and O–H groups in total. The average Bonchev–Trinajstić information content (AvgIpc) is 2.48. The van der Waals surface area contributed by atoms with E-state index < -0.39 is 6.10 Å². The number of benzene rings is 1. The van der Waals surface area contributed by atoms with E-state index in [0.717, 1.165) is 29.3 Å². The fourth-order valence-electron chi connectivity index (χ4n) is 2.30. The van der Waals surface area contributed by atoms with Crippen LogP contribution in [0.5, 0.6) is 0 Å². The van der Waals surface area contributed by atoms with Crippen LogP contribution < -0.4 is 0 Å². The molecule has 1 aromatic carbocycles. The van der Waals surface area contributed by atoms with Gasteiger partial charge in [0.2, 0.25) is 0 Å². The van der Waals surface area contributed by atoms with E-state index in [1.807, 2.05) is 18.2 Å². The Kier molecular flexibility index (Phi) is 3.40. The summed E-state index contributed by atoms with van der Waals surface area (Å²) < 4.78 is 5.52. The van der Waals surface area contributed by atoms with Gasteiger partial charge in [-0.3, -0.25) is 4.98 Å². The SMILES string of the molecule is OC(C1=CCCCO1)c1ccc(Cl)c2cccnc12. The van der Waals surface area contributed by atoms with E-state index in [1.165, 1.54) is 0 Å². The van der Waals surface area contributed by atoms with Gasteiger partial charge in [0, 0.05) is 22.2 Å². The molecule has 1 unspecified atom stereocenters. The molecule has 0 aliphatic carbocycles. The van der Waals surface area contributed by atoms with Crippen molar-refractivity contribution in [2.24, 2.45) is 0 Å². The monoisotopic (exact) mass is 275 g/mol. The molecule has 0 spiro atoms. The van der Waals surface area contributed by atoms with Crippen LogP contribution in [-0.4, -0.2) is 16.7 Å². The molecule has 0 radical (unpaired) electrons. The lowest BCUT2D eigenvalue weighted by Gasteiger charge is -2.21. The Morgan fingerprint density at radius 3 is 3.00 bits per heavy atom. The third-order valence-electron chi connectivity index (χ3n) is 3.27. The summed E-state index contributed by atoms with van der Waals surface area (Å²) in [6.07, 6.45) is 4.79. The predicted molar refractivity (Wildman–Crippen MR) is 75.0 cm³/mol. The second-order valence-corrected chi connectivity index (χ2v) is 4.94. The van der Waals surface area contributed by atoms with Gasteiger partial charge in [-0.05, 0) is 37.1 Å². The number of aliphatic hydroxyl groups excluding tert-OH is 1. The largest absolute Gasteiger partial charge is 0.495 e. The summed E-state index contributed by atoms with van der Waals surface area (Å²) in [5, 5.41) is 11.9. The van der Waals surface area contributed by atoms with Gasteiger partial charge in [0.05, 0.1) is 12.1 Å². The Morgan fingerprint density at radius 2 is 2.21 bits per heavy atom. The van der Waals surface area contributed by atoms with E-state index in [0.29, 0.717) is 17.4 Å². The van der Waals surface area contributed by atoms with Crippen molar-refractivity contribution >= 4 is 22.5 Å². The maximum Gasteiger partial charge on any atom is 0.138 e. The van der Waals surface area contributed by atoms with E-state index in [-0.39, 0.29) is 0 Å². The van der Waals surface area contributed by atoms with Crippen LogP contribution in [0, 0.1) is 0 Å². The van der Waals surface area contributed by atoms with Crippen LogP contribution in [0.3, 0.4) is 0 Å². The van der Waals surface area contributed by atoms with Crippen molar-refractivity contribution in [2.75, 3.05) is 6.61 Å². The number of aliphatic hydroxyl groups is 1. The number of nitrogens with zero attached hydrogens (tertiary/aromatic N) is 1. The molecule has 0 amide bonds. The normalized spacial score (nSPS) is 16.8. The molecule has 2 aromatic rings. The second-order valence-electron chi connectivity index (χ2n) is 4.54. The summed E-state index contributed by atoms with van der Waals surface area (Å²) in [6, 6.07) is 7.33. The van der Waals surface area contributed by atoms with Crippen LogP contribution in [0.25, 0.3) is 10.9 Å². The zero-order valence-electron chi connectivity index (χ0n) is 10.3. The minimum absolute atomic E-state index is 0.612. The van der Waals surface area contributed by atoms with Gasteiger partial charge in [0.25, 0.3) is 0 Å². The molecule has 0 fully saturated rings. The van der Waals surface area contributed by atoms with E-state index in [2.05, 4.69) is 4.98 Å². The molecule has 4 heteroatoms. The van der Waals surface area contributed by atoms with E-state index in [4.69, 9.17) is 16.3 Å². The van der Waals surface area contributed by atoms with E-state index in [1.54, 1.807) is 18.3 Å². The Hall–Kier alpha value is -1.58. The van der Waals surface area contributed by atoms with Crippen LogP contribution in [0.2, 0.25) is 5.02 Å². The lowest BCUT2D eigenvalue weighted by molar-refractivity contribution is 0.0925. The number of hydrogen-bond acceptors (Lipinski definition) is 3. The summed E-state index contributed by atoms with van der Waals surface area (Å²) in [6.45, 7) is 0.655. The number of allylic oxidation sites excluding steroid dienone is 1. The summed E-state index contributed by atoms with van der Waals surface area (Å²) in [7, 11) is 0. The van der Waals surface area contributed by atoms with Crippen molar-refractivity contribution in [1.82, 2.24) is 4.98 Å². The predicted octanol–water partition coefficient (Wildman–Crippen LogP) is 3.62. The number of pyridine rings is 1. The van der Waals surface area contributed by atoms with Crippen molar-refractivity contribution in [3.63, 3.8) is 0 Å². The van der Waals surface area contributed by atoms with Crippen molar-refractivity contribution in [2.45, 2.75) is 18.9 Å². The molecule has 3 nitrogen and oxygen atoms in total. The molecular weight excluding hydrogens is 262 g/mol. The third-order valence-corrected chi connectivity index (χ3v) is 3.60. The highest BCUT2D eigenvalue weighted by Gasteiger charge is 2.20. The topological polar surface area (TPSA) is 42.4 Å². The summed E-state index contributed by atoms with van der Waals surface area (Å²) in [4.78, 5) is 4.33. The third kappa shape index (κ3) is 2.31. The molecule has 2 heterocycles. The minimum Gasteiger partial charge on any atom is -0.495 e. The summed E-state index contributed by atoms with van der Waals surface area (Å²) in [5.74, 6) is 0.612. The van der Waals surface area contributed by atoms with Crippen molar-refractivity contribution in [1.29, 1.82) is 0 Å². The Bertz CT molecular complexity index is 639. The molecule has 98 valence electrons. The molecular formula is C15H14ClNO2. The fourth-order valence-corrected chi connectivity index (χ4v) is 2.52. The van der Waals surface area contributed by atoms with Gasteiger partial charge in [0.15, 0.2) is 0 Å². The summed E-state index contributed by atoms with van der Waals surface area (Å²) >= 11 is 6.15. The first-order valence-electron chi connectivity index (χ1n) is 6.31. The number of fused-ring (bicyclic) bond motifs is 1. The van der Waals surface area contributed by atoms with Gasteiger partial charge < -0.3 is 9.84 Å². The van der Waals surface area contributed by atoms with Crippen LogP contribution in [-0.2, 0) is 4.74 Å². The van der Waals surface area contributed by atoms with Crippen LogP contribution >= 0.6 is 11.6 Å². The Balaban J connectivity index is 2.10. The lowest BCUT2D eigenvalue weighted by atomic mass is 10.0. The number of ether oxygens (including phenoxy) is 1. The molecule has 0 bridgehead atoms. The van der Waals surface area contributed by atoms with E-state index >= 15 is 0 Å². The maximum absolute atomic E-state index is 10.5.